The molecule has 1 aliphatic rings. The van der Waals surface area contributed by atoms with Gasteiger partial charge in [-0.3, -0.25) is 0 Å². The SMILES string of the molecule is CC1CNCC/C1=C\c1cccc(Oc2ccc(Cl)cn2)c1. The molecule has 22 heavy (non-hydrogen) atoms. The average Bonchev–Trinajstić information content (AvgIpc) is 2.52. The van der Waals surface area contributed by atoms with Crippen LogP contribution in [-0.2, 0) is 0 Å². The van der Waals surface area contributed by atoms with Crippen LogP contribution in [0, 0.1) is 5.92 Å². The van der Waals surface area contributed by atoms with Gasteiger partial charge in [-0.1, -0.05) is 42.3 Å². The van der Waals surface area contributed by atoms with Gasteiger partial charge in [0, 0.05) is 18.8 Å². The van der Waals surface area contributed by atoms with Crippen molar-refractivity contribution in [2.24, 2.45) is 5.92 Å². The summed E-state index contributed by atoms with van der Waals surface area (Å²) in [5, 5.41) is 4.02. The van der Waals surface area contributed by atoms with Gasteiger partial charge in [0.05, 0.1) is 5.02 Å². The van der Waals surface area contributed by atoms with Crippen LogP contribution in [0.1, 0.15) is 18.9 Å². The Labute approximate surface area is 136 Å². The van der Waals surface area contributed by atoms with E-state index in [4.69, 9.17) is 16.3 Å². The normalized spacial score (nSPS) is 20.1. The number of hydrogen-bond donors (Lipinski definition) is 1. The van der Waals surface area contributed by atoms with E-state index in [0.717, 1.165) is 30.8 Å². The first-order chi connectivity index (χ1) is 10.7. The van der Waals surface area contributed by atoms with E-state index in [1.807, 2.05) is 18.2 Å². The molecule has 1 atom stereocenters. The van der Waals surface area contributed by atoms with Crippen LogP contribution in [0.25, 0.3) is 6.08 Å². The maximum atomic E-state index is 5.83. The largest absolute Gasteiger partial charge is 0.439 e. The number of piperidine rings is 1. The number of nitrogens with one attached hydrogen (secondary N) is 1. The Morgan fingerprint density at radius 2 is 2.23 bits per heavy atom. The Kier molecular flexibility index (Phi) is 4.76. The Balaban J connectivity index is 1.77. The fraction of sp³-hybridized carbons (Fsp3) is 0.278. The predicted molar refractivity (Wildman–Crippen MR) is 90.4 cm³/mol. The molecule has 0 saturated carbocycles. The summed E-state index contributed by atoms with van der Waals surface area (Å²) in [6.45, 7) is 4.37. The molecule has 3 rings (SSSR count). The second kappa shape index (κ2) is 6.95. The number of nitrogens with zero attached hydrogens (tertiary/aromatic N) is 1. The molecule has 1 aromatic heterocycles. The lowest BCUT2D eigenvalue weighted by Gasteiger charge is -2.23. The minimum absolute atomic E-state index is 0.546. The number of halogens is 1. The van der Waals surface area contributed by atoms with Gasteiger partial charge < -0.3 is 10.1 Å². The first kappa shape index (κ1) is 15.1. The Hall–Kier alpha value is -1.84. The van der Waals surface area contributed by atoms with Crippen molar-refractivity contribution in [2.45, 2.75) is 13.3 Å². The molecule has 0 amide bonds. The molecular weight excluding hydrogens is 296 g/mol. The van der Waals surface area contributed by atoms with Crippen LogP contribution in [0.5, 0.6) is 11.6 Å². The van der Waals surface area contributed by atoms with Gasteiger partial charge >= 0.3 is 0 Å². The summed E-state index contributed by atoms with van der Waals surface area (Å²) in [5.41, 5.74) is 2.65. The van der Waals surface area contributed by atoms with Gasteiger partial charge in [0.2, 0.25) is 5.88 Å². The summed E-state index contributed by atoms with van der Waals surface area (Å²) < 4.78 is 5.78. The third-order valence-electron chi connectivity index (χ3n) is 3.81. The maximum Gasteiger partial charge on any atom is 0.219 e. The fourth-order valence-corrected chi connectivity index (χ4v) is 2.68. The zero-order chi connectivity index (χ0) is 15.4. The summed E-state index contributed by atoms with van der Waals surface area (Å²) in [4.78, 5) is 4.15. The molecule has 1 unspecified atom stereocenters. The molecule has 0 radical (unpaired) electrons. The van der Waals surface area contributed by atoms with Crippen molar-refractivity contribution in [1.82, 2.24) is 10.3 Å². The molecular formula is C18H19ClN2O. The molecule has 2 aromatic rings. The van der Waals surface area contributed by atoms with Crippen LogP contribution in [-0.4, -0.2) is 18.1 Å². The molecule has 1 aliphatic heterocycles. The third kappa shape index (κ3) is 3.87. The molecule has 4 heteroatoms. The first-order valence-corrected chi connectivity index (χ1v) is 7.89. The molecule has 114 valence electrons. The van der Waals surface area contributed by atoms with Crippen molar-refractivity contribution in [2.75, 3.05) is 13.1 Å². The average molecular weight is 315 g/mol. The Bertz CT molecular complexity index is 667. The number of pyridine rings is 1. The van der Waals surface area contributed by atoms with Crippen molar-refractivity contribution < 1.29 is 4.74 Å². The number of aromatic nitrogens is 1. The van der Waals surface area contributed by atoms with Gasteiger partial charge in [0.1, 0.15) is 5.75 Å². The summed E-state index contributed by atoms with van der Waals surface area (Å²) in [5.74, 6) is 1.91. The summed E-state index contributed by atoms with van der Waals surface area (Å²) >= 11 is 5.83. The lowest BCUT2D eigenvalue weighted by Crippen LogP contribution is -2.29. The van der Waals surface area contributed by atoms with E-state index in [1.54, 1.807) is 18.3 Å². The van der Waals surface area contributed by atoms with E-state index in [0.29, 0.717) is 16.8 Å². The highest BCUT2D eigenvalue weighted by Crippen LogP contribution is 2.25. The van der Waals surface area contributed by atoms with E-state index < -0.39 is 0 Å². The number of benzene rings is 1. The molecule has 2 heterocycles. The van der Waals surface area contributed by atoms with Crippen molar-refractivity contribution in [3.8, 4) is 11.6 Å². The van der Waals surface area contributed by atoms with Crippen LogP contribution in [0.2, 0.25) is 5.02 Å². The summed E-state index contributed by atoms with van der Waals surface area (Å²) in [7, 11) is 0. The lowest BCUT2D eigenvalue weighted by atomic mass is 9.93. The zero-order valence-corrected chi connectivity index (χ0v) is 13.3. The minimum Gasteiger partial charge on any atom is -0.439 e. The van der Waals surface area contributed by atoms with Crippen LogP contribution < -0.4 is 10.1 Å². The molecule has 1 saturated heterocycles. The molecule has 0 spiro atoms. The van der Waals surface area contributed by atoms with Crippen molar-refractivity contribution >= 4 is 17.7 Å². The zero-order valence-electron chi connectivity index (χ0n) is 12.6. The Morgan fingerprint density at radius 1 is 1.32 bits per heavy atom. The maximum absolute atomic E-state index is 5.83. The molecule has 0 aliphatic carbocycles. The smallest absolute Gasteiger partial charge is 0.219 e. The minimum atomic E-state index is 0.546. The third-order valence-corrected chi connectivity index (χ3v) is 4.03. The molecule has 1 aromatic carbocycles. The fourth-order valence-electron chi connectivity index (χ4n) is 2.57. The van der Waals surface area contributed by atoms with Crippen LogP contribution >= 0.6 is 11.6 Å². The van der Waals surface area contributed by atoms with Gasteiger partial charge in [-0.2, -0.15) is 0 Å². The topological polar surface area (TPSA) is 34.1 Å². The highest BCUT2D eigenvalue weighted by Gasteiger charge is 2.13. The second-order valence-electron chi connectivity index (χ2n) is 5.56. The van der Waals surface area contributed by atoms with Gasteiger partial charge in [0.25, 0.3) is 0 Å². The van der Waals surface area contributed by atoms with Gasteiger partial charge in [-0.05, 0) is 42.6 Å². The van der Waals surface area contributed by atoms with Crippen molar-refractivity contribution in [3.63, 3.8) is 0 Å². The molecule has 1 N–H and O–H groups in total. The lowest BCUT2D eigenvalue weighted by molar-refractivity contribution is 0.463. The van der Waals surface area contributed by atoms with E-state index in [9.17, 15) is 0 Å². The quantitative estimate of drug-likeness (QED) is 0.903. The van der Waals surface area contributed by atoms with Crippen molar-refractivity contribution in [3.05, 3.63) is 58.8 Å². The monoisotopic (exact) mass is 314 g/mol. The first-order valence-electron chi connectivity index (χ1n) is 7.51. The van der Waals surface area contributed by atoms with Crippen molar-refractivity contribution in [1.29, 1.82) is 0 Å². The van der Waals surface area contributed by atoms with Crippen LogP contribution in [0.3, 0.4) is 0 Å². The summed E-state index contributed by atoms with van der Waals surface area (Å²) in [6, 6.07) is 11.6. The van der Waals surface area contributed by atoms with Gasteiger partial charge in [0.15, 0.2) is 0 Å². The highest BCUT2D eigenvalue weighted by molar-refractivity contribution is 6.30. The van der Waals surface area contributed by atoms with Gasteiger partial charge in [-0.25, -0.2) is 4.98 Å². The standard InChI is InChI=1S/C18H19ClN2O/c1-13-11-20-8-7-15(13)9-14-3-2-4-17(10-14)22-18-6-5-16(19)12-21-18/h2-6,9-10,12-13,20H,7-8,11H2,1H3/b15-9+. The molecule has 3 nitrogen and oxygen atoms in total. The van der Waals surface area contributed by atoms with Crippen LogP contribution in [0.4, 0.5) is 0 Å². The van der Waals surface area contributed by atoms with Gasteiger partial charge in [-0.15, -0.1) is 0 Å². The molecule has 0 bridgehead atoms. The Morgan fingerprint density at radius 3 is 3.00 bits per heavy atom. The number of ether oxygens (including phenoxy) is 1. The number of rotatable bonds is 3. The molecule has 1 fully saturated rings. The van der Waals surface area contributed by atoms with E-state index in [2.05, 4.69) is 29.4 Å². The van der Waals surface area contributed by atoms with E-state index in [1.165, 1.54) is 5.57 Å². The highest BCUT2D eigenvalue weighted by atomic mass is 35.5. The number of hydrogen-bond acceptors (Lipinski definition) is 3. The van der Waals surface area contributed by atoms with Crippen LogP contribution in [0.15, 0.2) is 48.2 Å². The summed E-state index contributed by atoms with van der Waals surface area (Å²) in [6.07, 6.45) is 4.96. The predicted octanol–water partition coefficient (Wildman–Crippen LogP) is 4.54. The van der Waals surface area contributed by atoms with E-state index in [-0.39, 0.29) is 0 Å². The van der Waals surface area contributed by atoms with E-state index >= 15 is 0 Å². The second-order valence-corrected chi connectivity index (χ2v) is 6.00.